The molecule has 0 aromatic heterocycles. The van der Waals surface area contributed by atoms with Crippen molar-refractivity contribution in [2.45, 2.75) is 38.8 Å². The molecular formula is C20H23BrF3N3O2. The zero-order valence-electron chi connectivity index (χ0n) is 16.1. The van der Waals surface area contributed by atoms with Crippen molar-refractivity contribution in [2.24, 2.45) is 0 Å². The first-order chi connectivity index (χ1) is 13.6. The molecule has 9 heteroatoms. The van der Waals surface area contributed by atoms with E-state index < -0.39 is 12.1 Å². The molecule has 29 heavy (non-hydrogen) atoms. The fraction of sp³-hybridized carbons (Fsp3) is 0.400. The standard InChI is InChI=1S/C18H22BrN3.C2HF3O2/c1-3-4-10-21-18(20)22-11-12(2)17-14-6-5-7-15(19)13(14)8-9-16(17)22;3-2(4,5)1(6)7/h5-9,12H,3-4,10-11H2,1-2H3,(H2,20,21);(H,6,7). The number of nitrogens with one attached hydrogen (secondary N) is 2. The lowest BCUT2D eigenvalue weighted by atomic mass is 9.96. The van der Waals surface area contributed by atoms with Crippen molar-refractivity contribution in [2.75, 3.05) is 18.0 Å². The molecule has 0 fully saturated rings. The van der Waals surface area contributed by atoms with Crippen molar-refractivity contribution in [3.8, 4) is 0 Å². The summed E-state index contributed by atoms with van der Waals surface area (Å²) in [6, 6.07) is 10.7. The zero-order valence-corrected chi connectivity index (χ0v) is 17.7. The van der Waals surface area contributed by atoms with Crippen LogP contribution in [0.3, 0.4) is 0 Å². The van der Waals surface area contributed by atoms with E-state index in [1.54, 1.807) is 0 Å². The number of nitrogens with zero attached hydrogens (tertiary/aromatic N) is 1. The minimum atomic E-state index is -5.08. The average molecular weight is 474 g/mol. The molecule has 158 valence electrons. The minimum Gasteiger partial charge on any atom is -0.475 e. The molecule has 0 amide bonds. The summed E-state index contributed by atoms with van der Waals surface area (Å²) in [4.78, 5) is 11.0. The predicted molar refractivity (Wildman–Crippen MR) is 112 cm³/mol. The summed E-state index contributed by atoms with van der Waals surface area (Å²) in [5.74, 6) is -1.80. The van der Waals surface area contributed by atoms with Crippen molar-refractivity contribution < 1.29 is 23.1 Å². The Balaban J connectivity index is 0.000000370. The predicted octanol–water partition coefficient (Wildman–Crippen LogP) is 5.48. The molecule has 5 nitrogen and oxygen atoms in total. The number of carbonyl (C=O) groups is 1. The number of guanidine groups is 1. The number of carboxylic acids is 1. The Kier molecular flexibility index (Phi) is 7.51. The van der Waals surface area contributed by atoms with Crippen molar-refractivity contribution in [1.29, 1.82) is 5.41 Å². The first kappa shape index (κ1) is 23.0. The maximum absolute atomic E-state index is 10.6. The number of anilines is 1. The molecule has 0 bridgehead atoms. The van der Waals surface area contributed by atoms with Crippen LogP contribution in [0.1, 0.15) is 38.2 Å². The average Bonchev–Trinajstić information content (AvgIpc) is 2.99. The molecule has 3 rings (SSSR count). The molecule has 1 unspecified atom stereocenters. The molecule has 0 spiro atoms. The molecule has 1 aliphatic rings. The van der Waals surface area contributed by atoms with Gasteiger partial charge in [0, 0.05) is 29.2 Å². The van der Waals surface area contributed by atoms with Gasteiger partial charge in [0.25, 0.3) is 0 Å². The van der Waals surface area contributed by atoms with E-state index in [1.807, 2.05) is 0 Å². The van der Waals surface area contributed by atoms with Crippen LogP contribution in [-0.2, 0) is 4.79 Å². The number of hydrogen-bond donors (Lipinski definition) is 3. The first-order valence-electron chi connectivity index (χ1n) is 9.19. The second kappa shape index (κ2) is 9.47. The second-order valence-electron chi connectivity index (χ2n) is 6.78. The van der Waals surface area contributed by atoms with Crippen LogP contribution in [0, 0.1) is 5.41 Å². The first-order valence-corrected chi connectivity index (χ1v) is 9.98. The lowest BCUT2D eigenvalue weighted by Gasteiger charge is -2.21. The van der Waals surface area contributed by atoms with Crippen LogP contribution >= 0.6 is 15.9 Å². The third-order valence-corrected chi connectivity index (χ3v) is 5.29. The van der Waals surface area contributed by atoms with E-state index in [9.17, 15) is 13.2 Å². The highest BCUT2D eigenvalue weighted by atomic mass is 79.9. The van der Waals surface area contributed by atoms with Crippen LogP contribution in [0.4, 0.5) is 18.9 Å². The smallest absolute Gasteiger partial charge is 0.475 e. The van der Waals surface area contributed by atoms with E-state index in [0.717, 1.165) is 30.4 Å². The highest BCUT2D eigenvalue weighted by molar-refractivity contribution is 9.10. The largest absolute Gasteiger partial charge is 0.490 e. The lowest BCUT2D eigenvalue weighted by Crippen LogP contribution is -2.40. The van der Waals surface area contributed by atoms with Gasteiger partial charge >= 0.3 is 12.1 Å². The Bertz CT molecular complexity index is 902. The van der Waals surface area contributed by atoms with Crippen molar-refractivity contribution in [1.82, 2.24) is 5.32 Å². The van der Waals surface area contributed by atoms with Gasteiger partial charge in [0.2, 0.25) is 0 Å². The Morgan fingerprint density at radius 1 is 1.31 bits per heavy atom. The number of benzene rings is 2. The highest BCUT2D eigenvalue weighted by Crippen LogP contribution is 2.42. The van der Waals surface area contributed by atoms with Gasteiger partial charge < -0.3 is 15.3 Å². The molecular weight excluding hydrogens is 451 g/mol. The summed E-state index contributed by atoms with van der Waals surface area (Å²) >= 11 is 3.64. The molecule has 2 aromatic rings. The summed E-state index contributed by atoms with van der Waals surface area (Å²) in [7, 11) is 0. The van der Waals surface area contributed by atoms with Crippen molar-refractivity contribution >= 4 is 44.3 Å². The van der Waals surface area contributed by atoms with Crippen LogP contribution in [0.25, 0.3) is 10.8 Å². The quantitative estimate of drug-likeness (QED) is 0.313. The molecule has 2 aromatic carbocycles. The second-order valence-corrected chi connectivity index (χ2v) is 7.63. The fourth-order valence-corrected chi connectivity index (χ4v) is 3.74. The van der Waals surface area contributed by atoms with Gasteiger partial charge in [-0.1, -0.05) is 54.4 Å². The van der Waals surface area contributed by atoms with E-state index in [-0.39, 0.29) is 0 Å². The Morgan fingerprint density at radius 2 is 1.97 bits per heavy atom. The SMILES string of the molecule is CCCCNC(=N)N1CC(C)c2c1ccc1c(Br)cccc21.O=C(O)C(F)(F)F. The fourth-order valence-electron chi connectivity index (χ4n) is 3.24. The van der Waals surface area contributed by atoms with Gasteiger partial charge in [0.05, 0.1) is 0 Å². The van der Waals surface area contributed by atoms with Crippen molar-refractivity contribution in [3.63, 3.8) is 0 Å². The number of fused-ring (bicyclic) bond motifs is 3. The van der Waals surface area contributed by atoms with Gasteiger partial charge in [0.1, 0.15) is 0 Å². The Labute approximate surface area is 175 Å². The van der Waals surface area contributed by atoms with E-state index >= 15 is 0 Å². The van der Waals surface area contributed by atoms with Gasteiger partial charge in [-0.25, -0.2) is 4.79 Å². The minimum absolute atomic E-state index is 0.432. The number of aliphatic carboxylic acids is 1. The van der Waals surface area contributed by atoms with E-state index in [0.29, 0.717) is 11.9 Å². The van der Waals surface area contributed by atoms with Gasteiger partial charge in [-0.05, 0) is 34.9 Å². The van der Waals surface area contributed by atoms with Crippen molar-refractivity contribution in [3.05, 3.63) is 40.4 Å². The third kappa shape index (κ3) is 5.41. The molecule has 0 aliphatic carbocycles. The van der Waals surface area contributed by atoms with Crippen LogP contribution in [0.15, 0.2) is 34.8 Å². The summed E-state index contributed by atoms with van der Waals surface area (Å²) in [5, 5.41) is 21.3. The van der Waals surface area contributed by atoms with Crippen LogP contribution in [0.2, 0.25) is 0 Å². The van der Waals surface area contributed by atoms with E-state index in [1.165, 1.54) is 22.0 Å². The number of carboxylic acid groups (broad SMARTS) is 1. The molecule has 3 N–H and O–H groups in total. The number of hydrogen-bond acceptors (Lipinski definition) is 2. The summed E-state index contributed by atoms with van der Waals surface area (Å²) < 4.78 is 32.9. The zero-order chi connectivity index (χ0) is 21.8. The Morgan fingerprint density at radius 3 is 2.55 bits per heavy atom. The van der Waals surface area contributed by atoms with Crippen LogP contribution in [0.5, 0.6) is 0 Å². The van der Waals surface area contributed by atoms with Crippen LogP contribution < -0.4 is 10.2 Å². The van der Waals surface area contributed by atoms with Gasteiger partial charge in [-0.15, -0.1) is 0 Å². The number of alkyl halides is 3. The number of rotatable bonds is 3. The van der Waals surface area contributed by atoms with Gasteiger partial charge in [-0.2, -0.15) is 13.2 Å². The summed E-state index contributed by atoms with van der Waals surface area (Å²) in [6.07, 6.45) is -2.84. The lowest BCUT2D eigenvalue weighted by molar-refractivity contribution is -0.192. The maximum atomic E-state index is 10.6. The normalized spacial score (nSPS) is 15.5. The maximum Gasteiger partial charge on any atom is 0.490 e. The third-order valence-electron chi connectivity index (χ3n) is 4.60. The summed E-state index contributed by atoms with van der Waals surface area (Å²) in [5.41, 5.74) is 2.54. The van der Waals surface area contributed by atoms with Gasteiger partial charge in [-0.3, -0.25) is 5.41 Å². The molecule has 0 radical (unpaired) electrons. The topological polar surface area (TPSA) is 76.4 Å². The number of halogens is 4. The monoisotopic (exact) mass is 473 g/mol. The van der Waals surface area contributed by atoms with Crippen LogP contribution in [-0.4, -0.2) is 36.3 Å². The van der Waals surface area contributed by atoms with Gasteiger partial charge in [0.15, 0.2) is 5.96 Å². The highest BCUT2D eigenvalue weighted by Gasteiger charge is 2.38. The molecule has 1 heterocycles. The number of unbranched alkanes of at least 4 members (excludes halogenated alkanes) is 1. The molecule has 0 saturated heterocycles. The molecule has 1 atom stereocenters. The summed E-state index contributed by atoms with van der Waals surface area (Å²) in [6.45, 7) is 6.16. The molecule has 1 aliphatic heterocycles. The van der Waals surface area contributed by atoms with E-state index in [4.69, 9.17) is 15.3 Å². The van der Waals surface area contributed by atoms with E-state index in [2.05, 4.69) is 70.3 Å². The Hall–Kier alpha value is -2.29. The molecule has 0 saturated carbocycles.